The molecule has 0 spiro atoms. The highest BCUT2D eigenvalue weighted by molar-refractivity contribution is 5.74. The van der Waals surface area contributed by atoms with Crippen LogP contribution in [0.5, 0.6) is 5.75 Å². The van der Waals surface area contributed by atoms with E-state index < -0.39 is 30.4 Å². The van der Waals surface area contributed by atoms with Gasteiger partial charge < -0.3 is 15.4 Å². The number of urea groups is 1. The summed E-state index contributed by atoms with van der Waals surface area (Å²) < 4.78 is 66.5. The van der Waals surface area contributed by atoms with Crippen LogP contribution in [0.2, 0.25) is 0 Å². The normalized spacial score (nSPS) is 12.0. The van der Waals surface area contributed by atoms with Crippen molar-refractivity contribution < 1.29 is 31.5 Å². The van der Waals surface area contributed by atoms with E-state index in [0.29, 0.717) is 5.56 Å². The van der Waals surface area contributed by atoms with Crippen molar-refractivity contribution in [2.45, 2.75) is 25.8 Å². The number of carbonyl (C=O) groups is 1. The maximum absolute atomic E-state index is 12.6. The summed E-state index contributed by atoms with van der Waals surface area (Å²) in [5.41, 5.74) is 0.0483. The van der Waals surface area contributed by atoms with E-state index in [1.165, 1.54) is 36.4 Å². The molecule has 2 amide bonds. The van der Waals surface area contributed by atoms with E-state index in [-0.39, 0.29) is 17.9 Å². The van der Waals surface area contributed by atoms with Crippen LogP contribution in [0.1, 0.15) is 29.7 Å². The molecular weight excluding hydrogens is 395 g/mol. The SMILES string of the molecule is CC(NC(=O)NCC#Cc1cccc(C(F)(F)F)c1)c1ccc(OC(F)F)cc1. The molecule has 0 aliphatic heterocycles. The Morgan fingerprint density at radius 3 is 2.45 bits per heavy atom. The van der Waals surface area contributed by atoms with Gasteiger partial charge in [-0.15, -0.1) is 0 Å². The molecule has 1 atom stereocenters. The molecule has 1 unspecified atom stereocenters. The Bertz CT molecular complexity index is 886. The van der Waals surface area contributed by atoms with Gasteiger partial charge in [0.25, 0.3) is 0 Å². The maximum Gasteiger partial charge on any atom is 0.416 e. The van der Waals surface area contributed by atoms with Crippen LogP contribution < -0.4 is 15.4 Å². The molecule has 0 fully saturated rings. The Labute approximate surface area is 164 Å². The van der Waals surface area contributed by atoms with E-state index in [0.717, 1.165) is 12.1 Å². The molecule has 154 valence electrons. The fourth-order valence-electron chi connectivity index (χ4n) is 2.31. The van der Waals surface area contributed by atoms with Crippen LogP contribution in [-0.4, -0.2) is 19.2 Å². The predicted octanol–water partition coefficient (Wildman–Crippen LogP) is 4.72. The van der Waals surface area contributed by atoms with Crippen LogP contribution >= 0.6 is 0 Å². The summed E-state index contributed by atoms with van der Waals surface area (Å²) in [5.74, 6) is 5.13. The van der Waals surface area contributed by atoms with Crippen molar-refractivity contribution in [1.29, 1.82) is 0 Å². The quantitative estimate of drug-likeness (QED) is 0.552. The van der Waals surface area contributed by atoms with E-state index in [1.54, 1.807) is 6.92 Å². The number of amides is 2. The number of alkyl halides is 5. The average Bonchev–Trinajstić information content (AvgIpc) is 2.65. The van der Waals surface area contributed by atoms with Crippen molar-refractivity contribution in [2.75, 3.05) is 6.54 Å². The number of ether oxygens (including phenoxy) is 1. The zero-order valence-electron chi connectivity index (χ0n) is 15.2. The molecule has 0 bridgehead atoms. The molecular formula is C20H17F5N2O2. The van der Waals surface area contributed by atoms with Gasteiger partial charge in [0.15, 0.2) is 0 Å². The van der Waals surface area contributed by atoms with Crippen molar-refractivity contribution in [3.63, 3.8) is 0 Å². The molecule has 0 aliphatic carbocycles. The van der Waals surface area contributed by atoms with Crippen LogP contribution in [0.4, 0.5) is 26.7 Å². The lowest BCUT2D eigenvalue weighted by Gasteiger charge is -2.15. The largest absolute Gasteiger partial charge is 0.435 e. The molecule has 0 radical (unpaired) electrons. The summed E-state index contributed by atoms with van der Waals surface area (Å²) >= 11 is 0. The number of halogens is 5. The Morgan fingerprint density at radius 2 is 1.83 bits per heavy atom. The summed E-state index contributed by atoms with van der Waals surface area (Å²) in [6.45, 7) is -1.30. The summed E-state index contributed by atoms with van der Waals surface area (Å²) in [6.07, 6.45) is -4.45. The standard InChI is InChI=1S/C20H17F5N2O2/c1-13(15-7-9-17(10-8-15)29-18(21)22)27-19(28)26-11-3-5-14-4-2-6-16(12-14)20(23,24)25/h2,4,6-10,12-13,18H,11H2,1H3,(H2,26,27,28). The number of hydrogen-bond acceptors (Lipinski definition) is 2. The molecule has 2 rings (SSSR count). The van der Waals surface area contributed by atoms with E-state index in [9.17, 15) is 26.7 Å². The van der Waals surface area contributed by atoms with Gasteiger partial charge in [-0.2, -0.15) is 22.0 Å². The Hall–Kier alpha value is -3.28. The third-order valence-corrected chi connectivity index (χ3v) is 3.71. The first-order chi connectivity index (χ1) is 13.6. The molecule has 2 aromatic carbocycles. The van der Waals surface area contributed by atoms with Gasteiger partial charge in [-0.1, -0.05) is 30.0 Å². The molecule has 2 aromatic rings. The monoisotopic (exact) mass is 412 g/mol. The van der Waals surface area contributed by atoms with Gasteiger partial charge in [0, 0.05) is 5.56 Å². The van der Waals surface area contributed by atoms with Gasteiger partial charge in [-0.25, -0.2) is 4.79 Å². The third-order valence-electron chi connectivity index (χ3n) is 3.71. The van der Waals surface area contributed by atoms with Crippen LogP contribution in [-0.2, 0) is 6.18 Å². The zero-order chi connectivity index (χ0) is 21.4. The van der Waals surface area contributed by atoms with E-state index in [4.69, 9.17) is 0 Å². The third kappa shape index (κ3) is 7.33. The molecule has 0 saturated carbocycles. The molecule has 0 aliphatic rings. The first-order valence-electron chi connectivity index (χ1n) is 8.40. The second kappa shape index (κ2) is 9.78. The molecule has 0 saturated heterocycles. The fourth-order valence-corrected chi connectivity index (χ4v) is 2.31. The predicted molar refractivity (Wildman–Crippen MR) is 96.3 cm³/mol. The van der Waals surface area contributed by atoms with E-state index in [1.807, 2.05) is 0 Å². The van der Waals surface area contributed by atoms with Crippen molar-refractivity contribution in [3.8, 4) is 17.6 Å². The van der Waals surface area contributed by atoms with E-state index >= 15 is 0 Å². The van der Waals surface area contributed by atoms with Crippen molar-refractivity contribution in [2.24, 2.45) is 0 Å². The lowest BCUT2D eigenvalue weighted by Crippen LogP contribution is -2.37. The van der Waals surface area contributed by atoms with Crippen LogP contribution in [0.15, 0.2) is 48.5 Å². The number of hydrogen-bond donors (Lipinski definition) is 2. The van der Waals surface area contributed by atoms with Crippen LogP contribution in [0, 0.1) is 11.8 Å². The topological polar surface area (TPSA) is 50.4 Å². The minimum atomic E-state index is -4.45. The van der Waals surface area contributed by atoms with Crippen molar-refractivity contribution in [1.82, 2.24) is 10.6 Å². The van der Waals surface area contributed by atoms with Gasteiger partial charge in [0.2, 0.25) is 0 Å². The second-order valence-electron chi connectivity index (χ2n) is 5.88. The molecule has 0 aromatic heterocycles. The fraction of sp³-hybridized carbons (Fsp3) is 0.250. The van der Waals surface area contributed by atoms with Crippen LogP contribution in [0.3, 0.4) is 0 Å². The minimum Gasteiger partial charge on any atom is -0.435 e. The molecule has 4 nitrogen and oxygen atoms in total. The molecule has 2 N–H and O–H groups in total. The number of benzene rings is 2. The second-order valence-corrected chi connectivity index (χ2v) is 5.88. The lowest BCUT2D eigenvalue weighted by molar-refractivity contribution is -0.137. The van der Waals surface area contributed by atoms with Crippen molar-refractivity contribution in [3.05, 3.63) is 65.2 Å². The van der Waals surface area contributed by atoms with Gasteiger partial charge in [-0.3, -0.25) is 0 Å². The van der Waals surface area contributed by atoms with Gasteiger partial charge in [0.05, 0.1) is 18.2 Å². The van der Waals surface area contributed by atoms with Gasteiger partial charge in [-0.05, 0) is 42.8 Å². The van der Waals surface area contributed by atoms with Gasteiger partial charge >= 0.3 is 18.8 Å². The maximum atomic E-state index is 12.6. The highest BCUT2D eigenvalue weighted by Gasteiger charge is 2.30. The summed E-state index contributed by atoms with van der Waals surface area (Å²) in [6, 6.07) is 9.40. The van der Waals surface area contributed by atoms with Gasteiger partial charge in [0.1, 0.15) is 5.75 Å². The highest BCUT2D eigenvalue weighted by Crippen LogP contribution is 2.29. The van der Waals surface area contributed by atoms with Crippen molar-refractivity contribution >= 4 is 6.03 Å². The zero-order valence-corrected chi connectivity index (χ0v) is 15.2. The molecule has 0 heterocycles. The Balaban J connectivity index is 1.84. The average molecular weight is 412 g/mol. The summed E-state index contributed by atoms with van der Waals surface area (Å²) in [4.78, 5) is 11.9. The summed E-state index contributed by atoms with van der Waals surface area (Å²) in [7, 11) is 0. The molecule has 29 heavy (non-hydrogen) atoms. The Kier molecular flexibility index (Phi) is 7.42. The summed E-state index contributed by atoms with van der Waals surface area (Å²) in [5, 5.41) is 5.09. The van der Waals surface area contributed by atoms with Crippen LogP contribution in [0.25, 0.3) is 0 Å². The molecule has 9 heteroatoms. The first kappa shape index (κ1) is 22.0. The smallest absolute Gasteiger partial charge is 0.416 e. The Morgan fingerprint density at radius 1 is 1.14 bits per heavy atom. The van der Waals surface area contributed by atoms with E-state index in [2.05, 4.69) is 27.2 Å². The number of rotatable bonds is 5. The minimum absolute atomic E-state index is 0.00488. The first-order valence-corrected chi connectivity index (χ1v) is 8.40. The number of nitrogens with one attached hydrogen (secondary N) is 2. The lowest BCUT2D eigenvalue weighted by atomic mass is 10.1. The number of carbonyl (C=O) groups excluding carboxylic acids is 1. The highest BCUT2D eigenvalue weighted by atomic mass is 19.4.